The third kappa shape index (κ3) is 5.42. The molecular formula is C24H28N4O3. The molecule has 0 spiro atoms. The number of likely N-dealkylation sites (tertiary alicyclic amines) is 1. The molecular weight excluding hydrogens is 392 g/mol. The highest BCUT2D eigenvalue weighted by Crippen LogP contribution is 2.32. The molecule has 1 N–H and O–H groups in total. The molecule has 3 aromatic rings. The van der Waals surface area contributed by atoms with Gasteiger partial charge in [0, 0.05) is 25.0 Å². The standard InChI is InChI=1S/C24H28N4O3/c1-24(22-26-21(31-27-22)17-30-20-11-6-3-7-12-20)14-8-16-28(18-24)23(29)25-15-13-19-9-4-2-5-10-19/h2-7,9-12H,8,13-18H2,1H3,(H,25,29). The van der Waals surface area contributed by atoms with Gasteiger partial charge in [-0.05, 0) is 37.0 Å². The first-order valence-electron chi connectivity index (χ1n) is 10.7. The molecule has 2 heterocycles. The summed E-state index contributed by atoms with van der Waals surface area (Å²) < 4.78 is 11.1. The van der Waals surface area contributed by atoms with Crippen molar-refractivity contribution in [2.24, 2.45) is 0 Å². The van der Waals surface area contributed by atoms with Gasteiger partial charge in [0.2, 0.25) is 0 Å². The zero-order valence-electron chi connectivity index (χ0n) is 17.8. The molecule has 1 aromatic heterocycles. The van der Waals surface area contributed by atoms with Crippen molar-refractivity contribution in [3.63, 3.8) is 0 Å². The van der Waals surface area contributed by atoms with Crippen LogP contribution >= 0.6 is 0 Å². The summed E-state index contributed by atoms with van der Waals surface area (Å²) in [7, 11) is 0. The van der Waals surface area contributed by atoms with Crippen molar-refractivity contribution in [3.05, 3.63) is 77.9 Å². The van der Waals surface area contributed by atoms with E-state index < -0.39 is 0 Å². The van der Waals surface area contributed by atoms with Gasteiger partial charge in [0.25, 0.3) is 5.89 Å². The second kappa shape index (κ2) is 9.64. The average molecular weight is 421 g/mol. The minimum atomic E-state index is -0.344. The minimum absolute atomic E-state index is 0.0435. The summed E-state index contributed by atoms with van der Waals surface area (Å²) in [6.45, 7) is 4.20. The molecule has 2 amide bonds. The maximum atomic E-state index is 12.7. The molecule has 1 unspecified atom stereocenters. The molecule has 0 aliphatic carbocycles. The normalized spacial score (nSPS) is 18.5. The predicted molar refractivity (Wildman–Crippen MR) is 117 cm³/mol. The Morgan fingerprint density at radius 1 is 1.16 bits per heavy atom. The molecule has 1 atom stereocenters. The molecule has 7 heteroatoms. The summed E-state index contributed by atoms with van der Waals surface area (Å²) in [5.74, 6) is 1.81. The number of aromatic nitrogens is 2. The van der Waals surface area contributed by atoms with Gasteiger partial charge in [0.05, 0.1) is 0 Å². The molecule has 4 rings (SSSR count). The van der Waals surface area contributed by atoms with Crippen molar-refractivity contribution in [1.29, 1.82) is 0 Å². The van der Waals surface area contributed by atoms with Gasteiger partial charge in [-0.15, -0.1) is 0 Å². The first kappa shape index (κ1) is 20.9. The van der Waals surface area contributed by atoms with Crippen LogP contribution in [0.4, 0.5) is 4.79 Å². The van der Waals surface area contributed by atoms with Gasteiger partial charge in [-0.2, -0.15) is 4.98 Å². The van der Waals surface area contributed by atoms with E-state index in [9.17, 15) is 4.79 Å². The van der Waals surface area contributed by atoms with Crippen LogP contribution in [0.2, 0.25) is 0 Å². The third-order valence-electron chi connectivity index (χ3n) is 5.63. The lowest BCUT2D eigenvalue weighted by Crippen LogP contribution is -2.51. The lowest BCUT2D eigenvalue weighted by molar-refractivity contribution is 0.151. The number of benzene rings is 2. The molecule has 1 saturated heterocycles. The van der Waals surface area contributed by atoms with E-state index in [0.717, 1.165) is 31.6 Å². The number of carbonyl (C=O) groups is 1. The second-order valence-corrected chi connectivity index (χ2v) is 8.17. The number of nitrogens with one attached hydrogen (secondary N) is 1. The summed E-state index contributed by atoms with van der Waals surface area (Å²) in [5.41, 5.74) is 0.868. The maximum Gasteiger partial charge on any atom is 0.317 e. The van der Waals surface area contributed by atoms with Crippen LogP contribution in [-0.4, -0.2) is 40.7 Å². The van der Waals surface area contributed by atoms with E-state index >= 15 is 0 Å². The molecule has 162 valence electrons. The highest BCUT2D eigenvalue weighted by atomic mass is 16.5. The Labute approximate surface area is 182 Å². The van der Waals surface area contributed by atoms with Gasteiger partial charge in [-0.25, -0.2) is 4.79 Å². The number of hydrogen-bond donors (Lipinski definition) is 1. The number of carbonyl (C=O) groups excluding carboxylic acids is 1. The molecule has 0 bridgehead atoms. The molecule has 1 aliphatic heterocycles. The van der Waals surface area contributed by atoms with Crippen molar-refractivity contribution < 1.29 is 14.1 Å². The van der Waals surface area contributed by atoms with Crippen molar-refractivity contribution in [1.82, 2.24) is 20.4 Å². The van der Waals surface area contributed by atoms with Gasteiger partial charge in [-0.3, -0.25) is 0 Å². The monoisotopic (exact) mass is 420 g/mol. The highest BCUT2D eigenvalue weighted by Gasteiger charge is 2.38. The lowest BCUT2D eigenvalue weighted by Gasteiger charge is -2.38. The van der Waals surface area contributed by atoms with Crippen LogP contribution in [-0.2, 0) is 18.4 Å². The Kier molecular flexibility index (Phi) is 6.50. The Balaban J connectivity index is 1.31. The summed E-state index contributed by atoms with van der Waals surface area (Å²) in [6.07, 6.45) is 2.61. The molecule has 0 radical (unpaired) electrons. The SMILES string of the molecule is CC1(c2noc(COc3ccccc3)n2)CCCN(C(=O)NCCc2ccccc2)C1. The van der Waals surface area contributed by atoms with E-state index in [0.29, 0.717) is 24.8 Å². The Bertz CT molecular complexity index is 977. The molecule has 0 saturated carbocycles. The Hall–Kier alpha value is -3.35. The van der Waals surface area contributed by atoms with Gasteiger partial charge in [0.1, 0.15) is 5.75 Å². The van der Waals surface area contributed by atoms with Crippen LogP contribution in [0.1, 0.15) is 37.0 Å². The molecule has 7 nitrogen and oxygen atoms in total. The second-order valence-electron chi connectivity index (χ2n) is 8.17. The molecule has 31 heavy (non-hydrogen) atoms. The fourth-order valence-corrected chi connectivity index (χ4v) is 3.89. The number of nitrogens with zero attached hydrogens (tertiary/aromatic N) is 3. The maximum absolute atomic E-state index is 12.7. The van der Waals surface area contributed by atoms with Crippen LogP contribution in [0, 0.1) is 0 Å². The van der Waals surface area contributed by atoms with E-state index in [1.54, 1.807) is 0 Å². The van der Waals surface area contributed by atoms with Gasteiger partial charge in [0.15, 0.2) is 12.4 Å². The van der Waals surface area contributed by atoms with Crippen molar-refractivity contribution in [2.75, 3.05) is 19.6 Å². The van der Waals surface area contributed by atoms with Gasteiger partial charge in [-0.1, -0.05) is 60.6 Å². The van der Waals surface area contributed by atoms with Crippen LogP contribution < -0.4 is 10.1 Å². The Morgan fingerprint density at radius 3 is 2.68 bits per heavy atom. The lowest BCUT2D eigenvalue weighted by atomic mass is 9.81. The van der Waals surface area contributed by atoms with E-state index in [1.807, 2.05) is 53.4 Å². The first-order chi connectivity index (χ1) is 15.1. The zero-order chi connectivity index (χ0) is 21.5. The summed E-state index contributed by atoms with van der Waals surface area (Å²) in [6, 6.07) is 19.6. The Morgan fingerprint density at radius 2 is 1.90 bits per heavy atom. The fraction of sp³-hybridized carbons (Fsp3) is 0.375. The summed E-state index contributed by atoms with van der Waals surface area (Å²) in [5, 5.41) is 7.23. The molecule has 1 aliphatic rings. The number of hydrogen-bond acceptors (Lipinski definition) is 5. The largest absolute Gasteiger partial charge is 0.484 e. The van der Waals surface area contributed by atoms with Crippen LogP contribution in [0.3, 0.4) is 0 Å². The van der Waals surface area contributed by atoms with Crippen molar-refractivity contribution in [3.8, 4) is 5.75 Å². The van der Waals surface area contributed by atoms with E-state index in [-0.39, 0.29) is 18.1 Å². The summed E-state index contributed by atoms with van der Waals surface area (Å²) in [4.78, 5) is 19.1. The van der Waals surface area contributed by atoms with E-state index in [4.69, 9.17) is 9.26 Å². The van der Waals surface area contributed by atoms with E-state index in [1.165, 1.54) is 5.56 Å². The van der Waals surface area contributed by atoms with Crippen molar-refractivity contribution >= 4 is 6.03 Å². The summed E-state index contributed by atoms with van der Waals surface area (Å²) >= 11 is 0. The van der Waals surface area contributed by atoms with Crippen molar-refractivity contribution in [2.45, 2.75) is 38.2 Å². The third-order valence-corrected chi connectivity index (χ3v) is 5.63. The fourth-order valence-electron chi connectivity index (χ4n) is 3.89. The number of piperidine rings is 1. The van der Waals surface area contributed by atoms with E-state index in [2.05, 4.69) is 34.5 Å². The molecule has 2 aromatic carbocycles. The quantitative estimate of drug-likeness (QED) is 0.626. The number of ether oxygens (including phenoxy) is 1. The zero-order valence-corrected chi connectivity index (χ0v) is 17.8. The van der Waals surface area contributed by atoms with Gasteiger partial charge < -0.3 is 19.5 Å². The average Bonchev–Trinajstić information content (AvgIpc) is 3.29. The van der Waals surface area contributed by atoms with Crippen LogP contribution in [0.25, 0.3) is 0 Å². The molecule has 1 fully saturated rings. The highest BCUT2D eigenvalue weighted by molar-refractivity contribution is 5.74. The van der Waals surface area contributed by atoms with Gasteiger partial charge >= 0.3 is 6.03 Å². The predicted octanol–water partition coefficient (Wildman–Crippen LogP) is 3.95. The topological polar surface area (TPSA) is 80.5 Å². The number of rotatable bonds is 7. The van der Waals surface area contributed by atoms with Crippen LogP contribution in [0.5, 0.6) is 5.75 Å². The first-order valence-corrected chi connectivity index (χ1v) is 10.7. The number of para-hydroxylation sites is 1. The number of urea groups is 1. The smallest absolute Gasteiger partial charge is 0.317 e. The van der Waals surface area contributed by atoms with Crippen LogP contribution in [0.15, 0.2) is 65.2 Å². The minimum Gasteiger partial charge on any atom is -0.484 e. The number of amides is 2.